The molecule has 36 heavy (non-hydrogen) atoms. The molecule has 0 aliphatic carbocycles. The second-order valence-corrected chi connectivity index (χ2v) is 6.99. The molecule has 0 fully saturated rings. The van der Waals surface area contributed by atoms with E-state index >= 15 is 0 Å². The molecule has 2 rings (SSSR count). The number of hydrogen-bond acceptors (Lipinski definition) is 1. The van der Waals surface area contributed by atoms with Crippen molar-refractivity contribution in [3.05, 3.63) is 53.8 Å². The van der Waals surface area contributed by atoms with Crippen molar-refractivity contribution in [1.29, 1.82) is 0 Å². The number of alkyl halides is 16. The van der Waals surface area contributed by atoms with Crippen molar-refractivity contribution in [1.82, 2.24) is 0 Å². The van der Waals surface area contributed by atoms with E-state index in [4.69, 9.17) is 0 Å². The Morgan fingerprint density at radius 2 is 1.03 bits per heavy atom. The van der Waals surface area contributed by atoms with Gasteiger partial charge < -0.3 is 4.74 Å². The van der Waals surface area contributed by atoms with Crippen LogP contribution in [0.2, 0.25) is 0 Å². The van der Waals surface area contributed by atoms with Gasteiger partial charge in [-0.15, -0.1) is 0 Å². The normalized spacial score (nSPS) is 15.4. The highest BCUT2D eigenvalue weighted by molar-refractivity contribution is 5.88. The van der Waals surface area contributed by atoms with Crippen molar-refractivity contribution in [2.24, 2.45) is 5.92 Å². The molecule has 0 unspecified atom stereocenters. The molecule has 0 aliphatic heterocycles. The first-order valence-electron chi connectivity index (χ1n) is 8.87. The van der Waals surface area contributed by atoms with Crippen LogP contribution in [-0.2, 0) is 0 Å². The second kappa shape index (κ2) is 8.90. The first kappa shape index (κ1) is 29.4. The molecule has 0 heterocycles. The third-order valence-electron chi connectivity index (χ3n) is 4.56. The Morgan fingerprint density at radius 3 is 1.44 bits per heavy atom. The van der Waals surface area contributed by atoms with Crippen LogP contribution in [0.3, 0.4) is 0 Å². The summed E-state index contributed by atoms with van der Waals surface area (Å²) in [4.78, 5) is 0. The number of hydrogen-bond donors (Lipinski definition) is 0. The average Bonchev–Trinajstić information content (AvgIpc) is 2.65. The Hall–Kier alpha value is -2.88. The fraction of sp³-hybridized carbons (Fsp3) is 0.368. The SMILES string of the molecule is FC(F)(F)/C(Oc1cccc2ccccc12)=C(/C(C(F)(F)F)C(F)(F)F)C(F)(C(F)(F)F)C(F)(F)F. The summed E-state index contributed by atoms with van der Waals surface area (Å²) in [5.41, 5.74) is -12.6. The lowest BCUT2D eigenvalue weighted by Gasteiger charge is -2.38. The molecule has 0 aliphatic rings. The molecule has 0 saturated carbocycles. The molecule has 0 saturated heterocycles. The zero-order chi connectivity index (χ0) is 28.1. The highest BCUT2D eigenvalue weighted by Gasteiger charge is 2.81. The Morgan fingerprint density at radius 1 is 0.583 bits per heavy atom. The summed E-state index contributed by atoms with van der Waals surface area (Å²) in [7, 11) is 0. The minimum absolute atomic E-state index is 0.139. The predicted octanol–water partition coefficient (Wildman–Crippen LogP) is 8.61. The molecule has 0 spiro atoms. The molecular weight excluding hydrogens is 548 g/mol. The maximum absolute atomic E-state index is 14.7. The van der Waals surface area contributed by atoms with Gasteiger partial charge in [0.2, 0.25) is 5.76 Å². The Labute approximate surface area is 188 Å². The van der Waals surface area contributed by atoms with E-state index in [1.54, 1.807) is 0 Å². The van der Waals surface area contributed by atoms with Gasteiger partial charge in [-0.3, -0.25) is 0 Å². The quantitative estimate of drug-likeness (QED) is 0.271. The number of ether oxygens (including phenoxy) is 1. The van der Waals surface area contributed by atoms with E-state index in [0.717, 1.165) is 30.3 Å². The van der Waals surface area contributed by atoms with Crippen LogP contribution < -0.4 is 4.74 Å². The van der Waals surface area contributed by atoms with Gasteiger partial charge in [0.25, 0.3) is 0 Å². The third-order valence-corrected chi connectivity index (χ3v) is 4.56. The number of allylic oxidation sites excluding steroid dienone is 2. The predicted molar refractivity (Wildman–Crippen MR) is 89.2 cm³/mol. The fourth-order valence-corrected chi connectivity index (χ4v) is 3.13. The van der Waals surface area contributed by atoms with Crippen LogP contribution in [0.15, 0.2) is 53.8 Å². The van der Waals surface area contributed by atoms with Gasteiger partial charge in [-0.2, -0.15) is 65.9 Å². The van der Waals surface area contributed by atoms with Crippen LogP contribution in [0.25, 0.3) is 10.8 Å². The van der Waals surface area contributed by atoms with Crippen molar-refractivity contribution in [2.45, 2.75) is 36.6 Å². The summed E-state index contributed by atoms with van der Waals surface area (Å²) in [6.07, 6.45) is -37.1. The minimum atomic E-state index is -7.80. The van der Waals surface area contributed by atoms with Crippen molar-refractivity contribution in [3.8, 4) is 5.75 Å². The molecule has 0 bridgehead atoms. The summed E-state index contributed by atoms with van der Waals surface area (Å²) in [5, 5.41) is -0.723. The summed E-state index contributed by atoms with van der Waals surface area (Å²) in [6, 6.07) is 6.45. The molecule has 17 heteroatoms. The van der Waals surface area contributed by atoms with Gasteiger partial charge in [0, 0.05) is 5.39 Å². The molecule has 2 aromatic carbocycles. The third kappa shape index (κ3) is 5.43. The highest BCUT2D eigenvalue weighted by atomic mass is 19.4. The van der Waals surface area contributed by atoms with Gasteiger partial charge in [0.05, 0.1) is 5.57 Å². The van der Waals surface area contributed by atoms with Crippen LogP contribution in [-0.4, -0.2) is 36.6 Å². The average molecular weight is 556 g/mol. The molecule has 2 aromatic rings. The standard InChI is InChI=1S/C19H8F16O/c20-14(18(30,31)32,19(33,34)35)11(12(15(21,22)23)16(24,25)26)13(17(27,28)29)36-10-7-3-5-8-4-1-2-6-9(8)10/h1-7,12H/b13-11+. The number of halogens is 16. The molecule has 202 valence electrons. The van der Waals surface area contributed by atoms with E-state index in [2.05, 4.69) is 4.74 Å². The zero-order valence-corrected chi connectivity index (χ0v) is 16.6. The number of rotatable bonds is 4. The van der Waals surface area contributed by atoms with Crippen molar-refractivity contribution in [2.75, 3.05) is 0 Å². The monoisotopic (exact) mass is 556 g/mol. The van der Waals surface area contributed by atoms with E-state index in [0.29, 0.717) is 6.07 Å². The topological polar surface area (TPSA) is 9.23 Å². The summed E-state index contributed by atoms with van der Waals surface area (Å²) < 4.78 is 218. The second-order valence-electron chi connectivity index (χ2n) is 6.99. The van der Waals surface area contributed by atoms with Crippen LogP contribution >= 0.6 is 0 Å². The van der Waals surface area contributed by atoms with E-state index in [-0.39, 0.29) is 5.39 Å². The molecule has 0 amide bonds. The Balaban J connectivity index is 3.18. The van der Waals surface area contributed by atoms with Gasteiger partial charge >= 0.3 is 36.6 Å². The van der Waals surface area contributed by atoms with E-state index in [9.17, 15) is 70.2 Å². The lowest BCUT2D eigenvalue weighted by atomic mass is 9.81. The molecule has 0 aromatic heterocycles. The van der Waals surface area contributed by atoms with Crippen molar-refractivity contribution in [3.63, 3.8) is 0 Å². The minimum Gasteiger partial charge on any atom is -0.451 e. The highest BCUT2D eigenvalue weighted by Crippen LogP contribution is 2.59. The van der Waals surface area contributed by atoms with Crippen LogP contribution in [0, 0.1) is 5.92 Å². The number of benzene rings is 2. The molecule has 1 nitrogen and oxygen atoms in total. The summed E-state index contributed by atoms with van der Waals surface area (Å²) >= 11 is 0. The fourth-order valence-electron chi connectivity index (χ4n) is 3.13. The van der Waals surface area contributed by atoms with Crippen molar-refractivity contribution < 1.29 is 75.0 Å². The molecular formula is C19H8F16O. The first-order chi connectivity index (χ1) is 15.9. The molecule has 0 radical (unpaired) electrons. The summed E-state index contributed by atoms with van der Waals surface area (Å²) in [5.74, 6) is -11.8. The van der Waals surface area contributed by atoms with Gasteiger partial charge in [-0.1, -0.05) is 36.4 Å². The van der Waals surface area contributed by atoms with Gasteiger partial charge in [0.15, 0.2) is 5.92 Å². The number of fused-ring (bicyclic) bond motifs is 1. The largest absolute Gasteiger partial charge is 0.451 e. The first-order valence-corrected chi connectivity index (χ1v) is 8.87. The van der Waals surface area contributed by atoms with E-state index in [1.807, 2.05) is 0 Å². The Bertz CT molecular complexity index is 1080. The smallest absolute Gasteiger partial charge is 0.449 e. The van der Waals surface area contributed by atoms with E-state index in [1.165, 1.54) is 6.07 Å². The van der Waals surface area contributed by atoms with Gasteiger partial charge in [-0.25, -0.2) is 4.39 Å². The van der Waals surface area contributed by atoms with Crippen LogP contribution in [0.5, 0.6) is 5.75 Å². The van der Waals surface area contributed by atoms with Crippen molar-refractivity contribution >= 4 is 10.8 Å². The van der Waals surface area contributed by atoms with Crippen LogP contribution in [0.1, 0.15) is 0 Å². The maximum atomic E-state index is 14.7. The summed E-state index contributed by atoms with van der Waals surface area (Å²) in [6.45, 7) is 0. The van der Waals surface area contributed by atoms with Gasteiger partial charge in [0.1, 0.15) is 5.75 Å². The zero-order valence-electron chi connectivity index (χ0n) is 16.6. The lowest BCUT2D eigenvalue weighted by Crippen LogP contribution is -2.60. The lowest BCUT2D eigenvalue weighted by molar-refractivity contribution is -0.343. The van der Waals surface area contributed by atoms with Gasteiger partial charge in [-0.05, 0) is 11.5 Å². The molecule has 0 N–H and O–H groups in total. The van der Waals surface area contributed by atoms with E-state index < -0.39 is 64.9 Å². The maximum Gasteiger partial charge on any atom is 0.449 e. The molecule has 0 atom stereocenters. The Kier molecular flexibility index (Phi) is 7.26. The van der Waals surface area contributed by atoms with Crippen LogP contribution in [0.4, 0.5) is 70.2 Å².